The largest absolute Gasteiger partial charge is 0.484 e. The Balaban J connectivity index is 2.12. The number of sulfonamides is 1. The predicted octanol–water partition coefficient (Wildman–Crippen LogP) is 3.91. The van der Waals surface area contributed by atoms with Crippen molar-refractivity contribution in [1.29, 1.82) is 0 Å². The van der Waals surface area contributed by atoms with Crippen LogP contribution in [0.5, 0.6) is 5.75 Å². The van der Waals surface area contributed by atoms with E-state index >= 15 is 0 Å². The quantitative estimate of drug-likeness (QED) is 0.689. The summed E-state index contributed by atoms with van der Waals surface area (Å²) < 4.78 is 67.6. The smallest absolute Gasteiger partial charge is 0.422 e. The first kappa shape index (κ1) is 22.7. The van der Waals surface area contributed by atoms with E-state index in [0.717, 1.165) is 0 Å². The summed E-state index contributed by atoms with van der Waals surface area (Å²) in [6, 6.07) is 11.0. The SMILES string of the molecule is CCN(CC)S(=O)(=O)c1cccc(C(=O)Nc2ccc(OCC(F)(F)F)cc2)c1. The zero-order chi connectivity index (χ0) is 21.7. The molecule has 0 fully saturated rings. The van der Waals surface area contributed by atoms with Crippen LogP contribution >= 0.6 is 0 Å². The molecule has 0 aliphatic heterocycles. The number of benzene rings is 2. The molecule has 1 amide bonds. The van der Waals surface area contributed by atoms with Crippen LogP contribution in [-0.4, -0.2) is 44.5 Å². The number of anilines is 1. The van der Waals surface area contributed by atoms with E-state index in [0.29, 0.717) is 18.8 Å². The minimum atomic E-state index is -4.44. The minimum Gasteiger partial charge on any atom is -0.484 e. The number of halogens is 3. The van der Waals surface area contributed by atoms with Crippen molar-refractivity contribution in [3.63, 3.8) is 0 Å². The molecule has 0 radical (unpaired) electrons. The highest BCUT2D eigenvalue weighted by atomic mass is 32.2. The number of rotatable bonds is 8. The van der Waals surface area contributed by atoms with Crippen molar-refractivity contribution in [2.75, 3.05) is 25.0 Å². The van der Waals surface area contributed by atoms with Gasteiger partial charge in [-0.05, 0) is 42.5 Å². The summed E-state index contributed by atoms with van der Waals surface area (Å²) in [5.74, 6) is -0.543. The summed E-state index contributed by atoms with van der Waals surface area (Å²) in [5, 5.41) is 2.57. The summed E-state index contributed by atoms with van der Waals surface area (Å²) in [5.41, 5.74) is 0.460. The normalized spacial score (nSPS) is 12.1. The molecule has 0 atom stereocenters. The van der Waals surface area contributed by atoms with Crippen molar-refractivity contribution in [2.45, 2.75) is 24.9 Å². The van der Waals surface area contributed by atoms with Crippen LogP contribution in [-0.2, 0) is 10.0 Å². The molecule has 2 rings (SSSR count). The average Bonchev–Trinajstić information content (AvgIpc) is 2.67. The van der Waals surface area contributed by atoms with Crippen molar-refractivity contribution < 1.29 is 31.1 Å². The first-order chi connectivity index (χ1) is 13.6. The number of nitrogens with one attached hydrogen (secondary N) is 1. The molecule has 0 aliphatic rings. The molecule has 10 heteroatoms. The number of nitrogens with zero attached hydrogens (tertiary/aromatic N) is 1. The van der Waals surface area contributed by atoms with Gasteiger partial charge < -0.3 is 10.1 Å². The van der Waals surface area contributed by atoms with Gasteiger partial charge in [-0.1, -0.05) is 19.9 Å². The average molecular weight is 430 g/mol. The molecule has 2 aromatic rings. The maximum atomic E-state index is 12.6. The van der Waals surface area contributed by atoms with E-state index in [-0.39, 0.29) is 16.2 Å². The number of carbonyl (C=O) groups is 1. The molecule has 0 spiro atoms. The first-order valence-corrected chi connectivity index (χ1v) is 10.2. The molecule has 158 valence electrons. The van der Waals surface area contributed by atoms with Gasteiger partial charge in [-0.25, -0.2) is 8.42 Å². The molecule has 29 heavy (non-hydrogen) atoms. The molecule has 6 nitrogen and oxygen atoms in total. The Morgan fingerprint density at radius 3 is 2.24 bits per heavy atom. The Kier molecular flexibility index (Phi) is 7.26. The molecular weight excluding hydrogens is 409 g/mol. The van der Waals surface area contributed by atoms with Gasteiger partial charge in [-0.3, -0.25) is 4.79 Å². The number of alkyl halides is 3. The van der Waals surface area contributed by atoms with Gasteiger partial charge >= 0.3 is 6.18 Å². The maximum Gasteiger partial charge on any atom is 0.422 e. The molecule has 0 unspecified atom stereocenters. The summed E-state index contributed by atoms with van der Waals surface area (Å²) >= 11 is 0. The van der Waals surface area contributed by atoms with Gasteiger partial charge in [0.25, 0.3) is 5.91 Å². The molecule has 0 aliphatic carbocycles. The highest BCUT2D eigenvalue weighted by Crippen LogP contribution is 2.21. The second-order valence-electron chi connectivity index (χ2n) is 6.00. The van der Waals surface area contributed by atoms with Crippen LogP contribution in [0.25, 0.3) is 0 Å². The Labute approximate surface area is 167 Å². The zero-order valence-corrected chi connectivity index (χ0v) is 16.7. The minimum absolute atomic E-state index is 0.00440. The van der Waals surface area contributed by atoms with Crippen LogP contribution in [0.4, 0.5) is 18.9 Å². The Morgan fingerprint density at radius 2 is 1.69 bits per heavy atom. The first-order valence-electron chi connectivity index (χ1n) is 8.78. The van der Waals surface area contributed by atoms with Gasteiger partial charge in [0.05, 0.1) is 4.90 Å². The zero-order valence-electron chi connectivity index (χ0n) is 15.9. The van der Waals surface area contributed by atoms with E-state index in [2.05, 4.69) is 10.1 Å². The summed E-state index contributed by atoms with van der Waals surface area (Å²) in [6.07, 6.45) is -4.44. The molecule has 0 heterocycles. The Morgan fingerprint density at radius 1 is 1.07 bits per heavy atom. The third-order valence-corrected chi connectivity index (χ3v) is 6.00. The van der Waals surface area contributed by atoms with E-state index in [4.69, 9.17) is 0 Å². The van der Waals surface area contributed by atoms with Gasteiger partial charge in [0, 0.05) is 24.3 Å². The summed E-state index contributed by atoms with van der Waals surface area (Å²) in [7, 11) is -3.71. The molecule has 1 N–H and O–H groups in total. The van der Waals surface area contributed by atoms with E-state index in [1.165, 1.54) is 52.8 Å². The third-order valence-electron chi connectivity index (χ3n) is 3.95. The van der Waals surface area contributed by atoms with Crippen LogP contribution in [0.1, 0.15) is 24.2 Å². The fourth-order valence-electron chi connectivity index (χ4n) is 2.51. The highest BCUT2D eigenvalue weighted by molar-refractivity contribution is 7.89. The number of ether oxygens (including phenoxy) is 1. The van der Waals surface area contributed by atoms with Gasteiger partial charge in [0.2, 0.25) is 10.0 Å². The fraction of sp³-hybridized carbons (Fsp3) is 0.316. The standard InChI is InChI=1S/C19H21F3N2O4S/c1-3-24(4-2)29(26,27)17-7-5-6-14(12-17)18(25)23-15-8-10-16(11-9-15)28-13-19(20,21)22/h5-12H,3-4,13H2,1-2H3,(H,23,25). The topological polar surface area (TPSA) is 75.7 Å². The lowest BCUT2D eigenvalue weighted by molar-refractivity contribution is -0.153. The third kappa shape index (κ3) is 6.20. The summed E-state index contributed by atoms with van der Waals surface area (Å²) in [6.45, 7) is 2.64. The van der Waals surface area contributed by atoms with E-state index in [1.54, 1.807) is 13.8 Å². The molecular formula is C19H21F3N2O4S. The summed E-state index contributed by atoms with van der Waals surface area (Å²) in [4.78, 5) is 12.4. The lowest BCUT2D eigenvalue weighted by Gasteiger charge is -2.18. The van der Waals surface area contributed by atoms with Crippen LogP contribution in [0.2, 0.25) is 0 Å². The number of hydrogen-bond acceptors (Lipinski definition) is 4. The highest BCUT2D eigenvalue weighted by Gasteiger charge is 2.28. The second kappa shape index (κ2) is 9.27. The van der Waals surface area contributed by atoms with Crippen LogP contribution in [0.3, 0.4) is 0 Å². The lowest BCUT2D eigenvalue weighted by atomic mass is 10.2. The molecule has 0 aromatic heterocycles. The predicted molar refractivity (Wildman–Crippen MR) is 102 cm³/mol. The maximum absolute atomic E-state index is 12.6. The van der Waals surface area contributed by atoms with E-state index in [9.17, 15) is 26.4 Å². The van der Waals surface area contributed by atoms with E-state index in [1.807, 2.05) is 0 Å². The van der Waals surface area contributed by atoms with Crippen molar-refractivity contribution in [3.8, 4) is 5.75 Å². The van der Waals surface area contributed by atoms with Crippen molar-refractivity contribution in [1.82, 2.24) is 4.31 Å². The molecule has 0 bridgehead atoms. The monoisotopic (exact) mass is 430 g/mol. The fourth-order valence-corrected chi connectivity index (χ4v) is 4.02. The van der Waals surface area contributed by atoms with Crippen LogP contribution in [0.15, 0.2) is 53.4 Å². The van der Waals surface area contributed by atoms with Gasteiger partial charge in [0.15, 0.2) is 6.61 Å². The van der Waals surface area contributed by atoms with Crippen LogP contribution < -0.4 is 10.1 Å². The number of carbonyl (C=O) groups excluding carboxylic acids is 1. The Hall–Kier alpha value is -2.59. The van der Waals surface area contributed by atoms with Crippen LogP contribution in [0, 0.1) is 0 Å². The number of amides is 1. The van der Waals surface area contributed by atoms with Crippen molar-refractivity contribution in [2.24, 2.45) is 0 Å². The molecule has 2 aromatic carbocycles. The molecule has 0 saturated carbocycles. The Bertz CT molecular complexity index is 941. The van der Waals surface area contributed by atoms with Gasteiger partial charge in [-0.2, -0.15) is 17.5 Å². The molecule has 0 saturated heterocycles. The lowest BCUT2D eigenvalue weighted by Crippen LogP contribution is -2.30. The second-order valence-corrected chi connectivity index (χ2v) is 7.94. The number of hydrogen-bond donors (Lipinski definition) is 1. The van der Waals surface area contributed by atoms with Gasteiger partial charge in [0.1, 0.15) is 5.75 Å². The van der Waals surface area contributed by atoms with E-state index < -0.39 is 28.7 Å². The van der Waals surface area contributed by atoms with Gasteiger partial charge in [-0.15, -0.1) is 0 Å². The van der Waals surface area contributed by atoms with Crippen molar-refractivity contribution >= 4 is 21.6 Å². The van der Waals surface area contributed by atoms with Crippen molar-refractivity contribution in [3.05, 3.63) is 54.1 Å².